The number of benzene rings is 2. The molecule has 0 amide bonds. The van der Waals surface area contributed by atoms with Crippen LogP contribution in [0.4, 0.5) is 0 Å². The van der Waals surface area contributed by atoms with Crippen molar-refractivity contribution in [1.29, 1.82) is 0 Å². The van der Waals surface area contributed by atoms with Crippen LogP contribution in [0.25, 0.3) is 11.1 Å². The van der Waals surface area contributed by atoms with Crippen LogP contribution in [0.3, 0.4) is 0 Å². The van der Waals surface area contributed by atoms with Gasteiger partial charge in [-0.25, -0.2) is 0 Å². The third-order valence-corrected chi connectivity index (χ3v) is 2.49. The van der Waals surface area contributed by atoms with Crippen molar-refractivity contribution in [3.8, 4) is 16.9 Å². The maximum atomic E-state index is 5.21. The first-order valence-corrected chi connectivity index (χ1v) is 5.18. The molecule has 2 aromatic rings. The van der Waals surface area contributed by atoms with E-state index in [0.717, 1.165) is 16.2 Å². The summed E-state index contributed by atoms with van der Waals surface area (Å²) in [6.45, 7) is 0. The normalized spacial score (nSPS) is 10.0. The Morgan fingerprint density at radius 1 is 0.933 bits per heavy atom. The van der Waals surface area contributed by atoms with Gasteiger partial charge in [-0.3, -0.25) is 0 Å². The standard InChI is InChI=1S/C13H12OS/c1-14-12-7-11(8-13(15)9-12)10-5-3-2-4-6-10/h2-9,15H,1H3. The van der Waals surface area contributed by atoms with Gasteiger partial charge < -0.3 is 4.74 Å². The van der Waals surface area contributed by atoms with Crippen LogP contribution < -0.4 is 4.74 Å². The zero-order valence-corrected chi connectivity index (χ0v) is 9.37. The maximum absolute atomic E-state index is 5.21. The summed E-state index contributed by atoms with van der Waals surface area (Å²) >= 11 is 4.35. The summed E-state index contributed by atoms with van der Waals surface area (Å²) in [6, 6.07) is 16.1. The average Bonchev–Trinajstić information content (AvgIpc) is 2.29. The van der Waals surface area contributed by atoms with Gasteiger partial charge in [0.05, 0.1) is 7.11 Å². The maximum Gasteiger partial charge on any atom is 0.120 e. The number of ether oxygens (including phenoxy) is 1. The average molecular weight is 216 g/mol. The summed E-state index contributed by atoms with van der Waals surface area (Å²) in [6.07, 6.45) is 0. The van der Waals surface area contributed by atoms with E-state index in [-0.39, 0.29) is 0 Å². The van der Waals surface area contributed by atoms with Crippen molar-refractivity contribution in [2.24, 2.45) is 0 Å². The first kappa shape index (κ1) is 10.1. The molecule has 2 aromatic carbocycles. The lowest BCUT2D eigenvalue weighted by atomic mass is 10.1. The summed E-state index contributed by atoms with van der Waals surface area (Å²) in [7, 11) is 1.66. The van der Waals surface area contributed by atoms with Crippen LogP contribution in [0.5, 0.6) is 5.75 Å². The molecule has 0 aliphatic carbocycles. The second-order valence-corrected chi connectivity index (χ2v) is 3.80. The predicted molar refractivity (Wildman–Crippen MR) is 65.7 cm³/mol. The fourth-order valence-electron chi connectivity index (χ4n) is 1.50. The first-order valence-electron chi connectivity index (χ1n) is 4.73. The number of thiol groups is 1. The Labute approximate surface area is 95.1 Å². The predicted octanol–water partition coefficient (Wildman–Crippen LogP) is 3.65. The molecule has 0 heterocycles. The molecular formula is C13H12OS. The summed E-state index contributed by atoms with van der Waals surface area (Å²) in [5.74, 6) is 0.835. The highest BCUT2D eigenvalue weighted by molar-refractivity contribution is 7.80. The number of hydrogen-bond acceptors (Lipinski definition) is 2. The molecule has 76 valence electrons. The topological polar surface area (TPSA) is 9.23 Å². The zero-order valence-electron chi connectivity index (χ0n) is 8.47. The van der Waals surface area contributed by atoms with E-state index in [1.54, 1.807) is 7.11 Å². The second-order valence-electron chi connectivity index (χ2n) is 3.29. The fraction of sp³-hybridized carbons (Fsp3) is 0.0769. The molecule has 0 aliphatic heterocycles. The second kappa shape index (κ2) is 4.41. The van der Waals surface area contributed by atoms with Crippen LogP contribution in [0.15, 0.2) is 53.4 Å². The Balaban J connectivity index is 2.49. The van der Waals surface area contributed by atoms with Gasteiger partial charge in [-0.15, -0.1) is 12.6 Å². The molecule has 2 heteroatoms. The van der Waals surface area contributed by atoms with Crippen molar-refractivity contribution in [1.82, 2.24) is 0 Å². The van der Waals surface area contributed by atoms with E-state index in [0.29, 0.717) is 0 Å². The van der Waals surface area contributed by atoms with Gasteiger partial charge in [-0.1, -0.05) is 30.3 Å². The molecule has 0 atom stereocenters. The van der Waals surface area contributed by atoms with Crippen LogP contribution in [0.2, 0.25) is 0 Å². The molecule has 0 aliphatic rings. The van der Waals surface area contributed by atoms with E-state index in [2.05, 4.69) is 24.8 Å². The van der Waals surface area contributed by atoms with Gasteiger partial charge in [0.15, 0.2) is 0 Å². The highest BCUT2D eigenvalue weighted by atomic mass is 32.1. The molecule has 0 unspecified atom stereocenters. The molecule has 0 saturated carbocycles. The molecule has 0 aromatic heterocycles. The molecule has 15 heavy (non-hydrogen) atoms. The van der Waals surface area contributed by atoms with Crippen LogP contribution >= 0.6 is 12.6 Å². The van der Waals surface area contributed by atoms with Gasteiger partial charge in [0.25, 0.3) is 0 Å². The largest absolute Gasteiger partial charge is 0.497 e. The lowest BCUT2D eigenvalue weighted by Crippen LogP contribution is -1.84. The van der Waals surface area contributed by atoms with Crippen molar-refractivity contribution < 1.29 is 4.74 Å². The van der Waals surface area contributed by atoms with Crippen molar-refractivity contribution in [2.75, 3.05) is 7.11 Å². The third-order valence-electron chi connectivity index (χ3n) is 2.23. The Hall–Kier alpha value is -1.41. The monoisotopic (exact) mass is 216 g/mol. The van der Waals surface area contributed by atoms with Crippen LogP contribution in [-0.2, 0) is 0 Å². The van der Waals surface area contributed by atoms with E-state index in [1.165, 1.54) is 5.56 Å². The quantitative estimate of drug-likeness (QED) is 0.754. The van der Waals surface area contributed by atoms with Gasteiger partial charge in [-0.2, -0.15) is 0 Å². The molecule has 0 radical (unpaired) electrons. The van der Waals surface area contributed by atoms with E-state index < -0.39 is 0 Å². The Bertz CT molecular complexity index is 451. The molecule has 2 rings (SSSR count). The summed E-state index contributed by atoms with van der Waals surface area (Å²) in [5, 5.41) is 0. The van der Waals surface area contributed by atoms with Crippen molar-refractivity contribution in [3.63, 3.8) is 0 Å². The molecule has 0 spiro atoms. The smallest absolute Gasteiger partial charge is 0.120 e. The van der Waals surface area contributed by atoms with Gasteiger partial charge in [0.1, 0.15) is 5.75 Å². The number of methoxy groups -OCH3 is 1. The SMILES string of the molecule is COc1cc(S)cc(-c2ccccc2)c1. The highest BCUT2D eigenvalue weighted by Crippen LogP contribution is 2.27. The van der Waals surface area contributed by atoms with E-state index >= 15 is 0 Å². The zero-order chi connectivity index (χ0) is 10.7. The minimum atomic E-state index is 0.835. The molecule has 0 saturated heterocycles. The number of hydrogen-bond donors (Lipinski definition) is 1. The van der Waals surface area contributed by atoms with Crippen molar-refractivity contribution in [3.05, 3.63) is 48.5 Å². The lowest BCUT2D eigenvalue weighted by molar-refractivity contribution is 0.414. The molecule has 0 fully saturated rings. The van der Waals surface area contributed by atoms with Crippen molar-refractivity contribution in [2.45, 2.75) is 4.90 Å². The van der Waals surface area contributed by atoms with Gasteiger partial charge in [0, 0.05) is 4.90 Å². The summed E-state index contributed by atoms with van der Waals surface area (Å²) in [4.78, 5) is 0.910. The Morgan fingerprint density at radius 3 is 2.33 bits per heavy atom. The van der Waals surface area contributed by atoms with E-state index in [1.807, 2.05) is 36.4 Å². The van der Waals surface area contributed by atoms with E-state index in [4.69, 9.17) is 4.74 Å². The highest BCUT2D eigenvalue weighted by Gasteiger charge is 2.00. The minimum Gasteiger partial charge on any atom is -0.497 e. The van der Waals surface area contributed by atoms with Gasteiger partial charge >= 0.3 is 0 Å². The first-order chi connectivity index (χ1) is 7.29. The summed E-state index contributed by atoms with van der Waals surface area (Å²) < 4.78 is 5.21. The summed E-state index contributed by atoms with van der Waals surface area (Å²) in [5.41, 5.74) is 2.30. The number of rotatable bonds is 2. The lowest BCUT2D eigenvalue weighted by Gasteiger charge is -2.06. The molecular weight excluding hydrogens is 204 g/mol. The molecule has 0 bridgehead atoms. The Kier molecular flexibility index (Phi) is 2.97. The third kappa shape index (κ3) is 2.34. The van der Waals surface area contributed by atoms with Crippen LogP contribution in [-0.4, -0.2) is 7.11 Å². The molecule has 0 N–H and O–H groups in total. The fourth-order valence-corrected chi connectivity index (χ4v) is 1.76. The molecule has 1 nitrogen and oxygen atoms in total. The van der Waals surface area contributed by atoms with Crippen LogP contribution in [0.1, 0.15) is 0 Å². The van der Waals surface area contributed by atoms with Gasteiger partial charge in [0.2, 0.25) is 0 Å². The minimum absolute atomic E-state index is 0.835. The Morgan fingerprint density at radius 2 is 1.67 bits per heavy atom. The van der Waals surface area contributed by atoms with Crippen LogP contribution in [0, 0.1) is 0 Å². The van der Waals surface area contributed by atoms with E-state index in [9.17, 15) is 0 Å². The van der Waals surface area contributed by atoms with Crippen molar-refractivity contribution >= 4 is 12.6 Å². The van der Waals surface area contributed by atoms with Gasteiger partial charge in [-0.05, 0) is 29.3 Å².